The Morgan fingerprint density at radius 2 is 1.50 bits per heavy atom. The molecule has 0 unspecified atom stereocenters. The molecule has 0 saturated heterocycles. The molecular formula is C13H9N3O4S2. The molecule has 0 spiro atoms. The molecule has 3 rings (SSSR count). The van der Waals surface area contributed by atoms with E-state index in [9.17, 15) is 20.2 Å². The van der Waals surface area contributed by atoms with Crippen LogP contribution in [0.2, 0.25) is 0 Å². The predicted octanol–water partition coefficient (Wildman–Crippen LogP) is 3.90. The minimum Gasteiger partial charge on any atom is -0.247 e. The zero-order valence-corrected chi connectivity index (χ0v) is 12.6. The highest BCUT2D eigenvalue weighted by atomic mass is 32.3. The average Bonchev–Trinajstić information content (AvgIpc) is 2.92. The van der Waals surface area contributed by atoms with Crippen molar-refractivity contribution in [3.8, 4) is 0 Å². The topological polar surface area (TPSA) is 99.2 Å². The summed E-state index contributed by atoms with van der Waals surface area (Å²) in [5.74, 6) is 0. The van der Waals surface area contributed by atoms with Crippen LogP contribution >= 0.6 is 21.7 Å². The van der Waals surface area contributed by atoms with Crippen molar-refractivity contribution < 1.29 is 8.66 Å². The fourth-order valence-corrected chi connectivity index (χ4v) is 5.80. The van der Waals surface area contributed by atoms with Gasteiger partial charge >= 0.3 is 10.4 Å². The van der Waals surface area contributed by atoms with Gasteiger partial charge in [-0.2, -0.15) is 0 Å². The van der Waals surface area contributed by atoms with Gasteiger partial charge in [0.15, 0.2) is 0 Å². The molecule has 0 atom stereocenters. The maximum atomic E-state index is 11.7. The van der Waals surface area contributed by atoms with E-state index in [2.05, 4.69) is 4.98 Å². The molecule has 0 aliphatic heterocycles. The first kappa shape index (κ1) is 14.4. The van der Waals surface area contributed by atoms with E-state index in [4.69, 9.17) is 0 Å². The van der Waals surface area contributed by atoms with Crippen molar-refractivity contribution in [2.45, 2.75) is 9.24 Å². The van der Waals surface area contributed by atoms with Crippen LogP contribution in [-0.2, 0) is 0 Å². The fraction of sp³-hybridized carbons (Fsp3) is 0. The lowest BCUT2D eigenvalue weighted by Gasteiger charge is -2.18. The average molecular weight is 335 g/mol. The van der Waals surface area contributed by atoms with Crippen LogP contribution in [0.25, 0.3) is 10.2 Å². The Morgan fingerprint density at radius 1 is 0.909 bits per heavy atom. The molecule has 0 saturated carbocycles. The second-order valence-corrected chi connectivity index (χ2v) is 8.10. The molecule has 2 aromatic carbocycles. The van der Waals surface area contributed by atoms with E-state index >= 15 is 0 Å². The smallest absolute Gasteiger partial charge is 0.247 e. The first-order chi connectivity index (χ1) is 10.6. The van der Waals surface area contributed by atoms with E-state index in [0.29, 0.717) is 10.2 Å². The van der Waals surface area contributed by atoms with Crippen molar-refractivity contribution in [2.75, 3.05) is 0 Å². The Kier molecular flexibility index (Phi) is 3.51. The third-order valence-corrected chi connectivity index (χ3v) is 7.17. The monoisotopic (exact) mass is 335 g/mol. The second-order valence-electron chi connectivity index (χ2n) is 4.26. The minimum atomic E-state index is -3.70. The first-order valence-electron chi connectivity index (χ1n) is 6.10. The number of para-hydroxylation sites is 1. The Bertz CT molecular complexity index is 819. The number of nitro groups is 2. The molecule has 0 N–H and O–H groups in total. The van der Waals surface area contributed by atoms with Gasteiger partial charge in [-0.05, 0) is 24.3 Å². The minimum absolute atomic E-state index is 0.0593. The summed E-state index contributed by atoms with van der Waals surface area (Å²) in [5, 5.41) is 23.4. The Morgan fingerprint density at radius 3 is 2.09 bits per heavy atom. The molecule has 9 heteroatoms. The zero-order chi connectivity index (χ0) is 15.7. The first-order valence-corrected chi connectivity index (χ1v) is 8.46. The summed E-state index contributed by atoms with van der Waals surface area (Å²) in [6, 6.07) is 14.5. The highest BCUT2D eigenvalue weighted by molar-refractivity contribution is 8.24. The van der Waals surface area contributed by atoms with Gasteiger partial charge in [0.25, 0.3) is 4.34 Å². The highest BCUT2D eigenvalue weighted by Gasteiger charge is 2.57. The fourth-order valence-electron chi connectivity index (χ4n) is 2.04. The zero-order valence-electron chi connectivity index (χ0n) is 11.0. The van der Waals surface area contributed by atoms with Gasteiger partial charge < -0.3 is 0 Å². The van der Waals surface area contributed by atoms with Gasteiger partial charge in [0.2, 0.25) is 0 Å². The Hall–Kier alpha value is -2.52. The maximum Gasteiger partial charge on any atom is 0.364 e. The molecular weight excluding hydrogens is 326 g/mol. The van der Waals surface area contributed by atoms with Gasteiger partial charge in [-0.1, -0.05) is 41.7 Å². The van der Waals surface area contributed by atoms with Crippen molar-refractivity contribution in [1.82, 2.24) is 4.98 Å². The Balaban J connectivity index is 2.34. The molecule has 112 valence electrons. The molecule has 1 aromatic heterocycles. The van der Waals surface area contributed by atoms with Crippen LogP contribution in [-0.4, -0.2) is 13.6 Å². The Labute approximate surface area is 130 Å². The molecule has 0 fully saturated rings. The van der Waals surface area contributed by atoms with E-state index in [1.165, 1.54) is 12.1 Å². The summed E-state index contributed by atoms with van der Waals surface area (Å²) in [6.45, 7) is 0. The molecule has 0 amide bonds. The lowest BCUT2D eigenvalue weighted by atomic mass is 10.3. The number of thiazole rings is 1. The summed E-state index contributed by atoms with van der Waals surface area (Å²) in [7, 11) is -3.70. The van der Waals surface area contributed by atoms with E-state index in [-0.39, 0.29) is 9.24 Å². The third kappa shape index (κ3) is 2.02. The van der Waals surface area contributed by atoms with Gasteiger partial charge in [-0.15, -0.1) is 0 Å². The number of rotatable bonds is 4. The maximum absolute atomic E-state index is 11.7. The van der Waals surface area contributed by atoms with E-state index in [1.807, 2.05) is 0 Å². The molecule has 0 bridgehead atoms. The van der Waals surface area contributed by atoms with Crippen LogP contribution in [0, 0.1) is 20.2 Å². The van der Waals surface area contributed by atoms with Crippen molar-refractivity contribution in [2.24, 2.45) is 0 Å². The van der Waals surface area contributed by atoms with Crippen molar-refractivity contribution in [1.29, 1.82) is 0 Å². The highest BCUT2D eigenvalue weighted by Crippen LogP contribution is 2.63. The SMILES string of the molecule is O=[N+]([O-])S(c1ccccc1)(c1nc2ccccc2s1)[N+](=O)[O-]. The van der Waals surface area contributed by atoms with Crippen molar-refractivity contribution in [3.05, 3.63) is 74.8 Å². The normalized spacial score (nSPS) is 12.2. The summed E-state index contributed by atoms with van der Waals surface area (Å²) in [4.78, 5) is 27.7. The lowest BCUT2D eigenvalue weighted by Crippen LogP contribution is -2.20. The summed E-state index contributed by atoms with van der Waals surface area (Å²) in [6.07, 6.45) is 0. The van der Waals surface area contributed by atoms with Crippen LogP contribution in [0.3, 0.4) is 0 Å². The van der Waals surface area contributed by atoms with Gasteiger partial charge in [0, 0.05) is 0 Å². The van der Waals surface area contributed by atoms with E-state index < -0.39 is 19.1 Å². The molecule has 0 aliphatic rings. The summed E-state index contributed by atoms with van der Waals surface area (Å²) < 4.78 is -0.996. The molecule has 0 radical (unpaired) electrons. The summed E-state index contributed by atoms with van der Waals surface area (Å²) >= 11 is 0.998. The van der Waals surface area contributed by atoms with Crippen molar-refractivity contribution in [3.63, 3.8) is 0 Å². The number of aromatic nitrogens is 1. The molecule has 3 aromatic rings. The molecule has 7 nitrogen and oxygen atoms in total. The van der Waals surface area contributed by atoms with Crippen LogP contribution < -0.4 is 0 Å². The molecule has 0 aliphatic carbocycles. The third-order valence-electron chi connectivity index (χ3n) is 3.02. The standard InChI is InChI=1S/C13H9N3O4S2/c17-15(18)22(16(19)20,10-6-2-1-3-7-10)13-14-11-8-4-5-9-12(11)21-13/h1-9H. The number of nitrogens with zero attached hydrogens (tertiary/aromatic N) is 3. The van der Waals surface area contributed by atoms with Gasteiger partial charge in [-0.25, -0.2) is 25.2 Å². The largest absolute Gasteiger partial charge is 0.364 e. The number of hydrogen-bond acceptors (Lipinski definition) is 6. The van der Waals surface area contributed by atoms with Gasteiger partial charge in [0.05, 0.1) is 10.2 Å². The molecule has 22 heavy (non-hydrogen) atoms. The van der Waals surface area contributed by atoms with Gasteiger partial charge in [0.1, 0.15) is 13.6 Å². The number of hydrogen-bond donors (Lipinski definition) is 0. The van der Waals surface area contributed by atoms with Gasteiger partial charge in [-0.3, -0.25) is 0 Å². The lowest BCUT2D eigenvalue weighted by molar-refractivity contribution is -0.411. The molecule has 1 heterocycles. The summed E-state index contributed by atoms with van der Waals surface area (Å²) in [5.41, 5.74) is 0.527. The van der Waals surface area contributed by atoms with Crippen LogP contribution in [0.15, 0.2) is 63.8 Å². The van der Waals surface area contributed by atoms with Crippen LogP contribution in [0.1, 0.15) is 0 Å². The van der Waals surface area contributed by atoms with E-state index in [0.717, 1.165) is 11.3 Å². The van der Waals surface area contributed by atoms with Crippen molar-refractivity contribution >= 4 is 32.0 Å². The number of benzene rings is 2. The van der Waals surface area contributed by atoms with Crippen LogP contribution in [0.4, 0.5) is 0 Å². The van der Waals surface area contributed by atoms with Crippen LogP contribution in [0.5, 0.6) is 0 Å². The predicted molar refractivity (Wildman–Crippen MR) is 84.2 cm³/mol. The quantitative estimate of drug-likeness (QED) is 0.532. The second kappa shape index (κ2) is 5.35. The van der Waals surface area contributed by atoms with E-state index in [1.54, 1.807) is 42.5 Å². The number of fused-ring (bicyclic) bond motifs is 1.